The third-order valence-electron chi connectivity index (χ3n) is 7.64. The Bertz CT molecular complexity index is 1860. The molecule has 5 nitrogen and oxygen atoms in total. The van der Waals surface area contributed by atoms with Gasteiger partial charge in [-0.05, 0) is 41.0 Å². The normalized spacial score (nSPS) is 11.6. The van der Waals surface area contributed by atoms with Gasteiger partial charge >= 0.3 is 0 Å². The van der Waals surface area contributed by atoms with Gasteiger partial charge in [0.1, 0.15) is 17.0 Å². The van der Waals surface area contributed by atoms with Gasteiger partial charge < -0.3 is 5.73 Å². The first-order valence-electron chi connectivity index (χ1n) is 13.4. The Labute approximate surface area is 237 Å². The molecule has 0 aliphatic heterocycles. The van der Waals surface area contributed by atoms with Crippen LogP contribution in [-0.2, 0) is 5.54 Å². The zero-order valence-electron chi connectivity index (χ0n) is 22.1. The fourth-order valence-electron chi connectivity index (χ4n) is 5.64. The number of nitrogens with two attached hydrogens (primary N) is 1. The van der Waals surface area contributed by atoms with E-state index in [1.165, 1.54) is 6.07 Å². The Balaban J connectivity index is 1.41. The van der Waals surface area contributed by atoms with Gasteiger partial charge in [0.2, 0.25) is 0 Å². The molecule has 0 saturated heterocycles. The highest BCUT2D eigenvalue weighted by atomic mass is 19.1. The first-order chi connectivity index (χ1) is 20.1. The van der Waals surface area contributed by atoms with Crippen molar-refractivity contribution in [1.82, 2.24) is 19.2 Å². The number of benzene rings is 4. The summed E-state index contributed by atoms with van der Waals surface area (Å²) in [6.45, 7) is 0. The van der Waals surface area contributed by atoms with Crippen LogP contribution >= 0.6 is 0 Å². The largest absolute Gasteiger partial charge is 0.396 e. The van der Waals surface area contributed by atoms with Crippen molar-refractivity contribution in [2.24, 2.45) is 0 Å². The van der Waals surface area contributed by atoms with E-state index in [0.717, 1.165) is 39.2 Å². The zero-order valence-corrected chi connectivity index (χ0v) is 22.1. The first kappa shape index (κ1) is 24.5. The smallest absolute Gasteiger partial charge is 0.146 e. The third kappa shape index (κ3) is 4.08. The van der Waals surface area contributed by atoms with Crippen molar-refractivity contribution in [3.05, 3.63) is 169 Å². The van der Waals surface area contributed by atoms with Gasteiger partial charge in [0, 0.05) is 29.1 Å². The fraction of sp³-hybridized carbons (Fsp3) is 0.0286. The van der Waals surface area contributed by atoms with Gasteiger partial charge in [0.25, 0.3) is 0 Å². The Kier molecular flexibility index (Phi) is 5.94. The van der Waals surface area contributed by atoms with E-state index in [0.29, 0.717) is 5.56 Å². The maximum Gasteiger partial charge on any atom is 0.146 e. The van der Waals surface area contributed by atoms with Crippen LogP contribution in [-0.4, -0.2) is 19.2 Å². The summed E-state index contributed by atoms with van der Waals surface area (Å²) in [6.07, 6.45) is 7.75. The first-order valence-corrected chi connectivity index (χ1v) is 13.4. The standard InChI is InChI=1S/C35H26FN5/c36-31-20-25(16-18-32(31)37)33-22-38-34-19-17-26(23-40(33)34)27-21-39-41(24-27)35(28-10-4-1-5-11-28,29-12-6-2-7-13-29)30-14-8-3-9-15-30/h1-24H,37H2. The lowest BCUT2D eigenvalue weighted by Gasteiger charge is -2.36. The van der Waals surface area contributed by atoms with E-state index in [4.69, 9.17) is 10.8 Å². The van der Waals surface area contributed by atoms with Gasteiger partial charge in [-0.1, -0.05) is 97.1 Å². The lowest BCUT2D eigenvalue weighted by Crippen LogP contribution is -2.38. The molecule has 0 spiro atoms. The number of aromatic nitrogens is 4. The van der Waals surface area contributed by atoms with Crippen molar-refractivity contribution in [1.29, 1.82) is 0 Å². The number of hydrogen-bond acceptors (Lipinski definition) is 3. The molecule has 2 N–H and O–H groups in total. The molecule has 0 fully saturated rings. The number of fused-ring (bicyclic) bond motifs is 1. The molecule has 4 aromatic carbocycles. The summed E-state index contributed by atoms with van der Waals surface area (Å²) in [7, 11) is 0. The maximum absolute atomic E-state index is 14.3. The predicted octanol–water partition coefficient (Wildman–Crippen LogP) is 7.43. The fourth-order valence-corrected chi connectivity index (χ4v) is 5.64. The molecule has 3 heterocycles. The van der Waals surface area contributed by atoms with Crippen molar-refractivity contribution >= 4 is 11.3 Å². The SMILES string of the molecule is Nc1ccc(-c2cnc3ccc(-c4cnn(C(c5ccccc5)(c5ccccc5)c5ccccc5)c4)cn23)cc1F. The molecule has 41 heavy (non-hydrogen) atoms. The number of nitrogens with zero attached hydrogens (tertiary/aromatic N) is 4. The van der Waals surface area contributed by atoms with Crippen LogP contribution in [0.5, 0.6) is 0 Å². The van der Waals surface area contributed by atoms with Crippen molar-refractivity contribution in [3.8, 4) is 22.4 Å². The lowest BCUT2D eigenvalue weighted by molar-refractivity contribution is 0.460. The summed E-state index contributed by atoms with van der Waals surface area (Å²) < 4.78 is 18.3. The van der Waals surface area contributed by atoms with Crippen LogP contribution < -0.4 is 5.73 Å². The summed E-state index contributed by atoms with van der Waals surface area (Å²) in [4.78, 5) is 4.53. The van der Waals surface area contributed by atoms with Gasteiger partial charge in [-0.15, -0.1) is 0 Å². The predicted molar refractivity (Wildman–Crippen MR) is 161 cm³/mol. The highest BCUT2D eigenvalue weighted by molar-refractivity contribution is 5.70. The van der Waals surface area contributed by atoms with E-state index >= 15 is 0 Å². The van der Waals surface area contributed by atoms with Gasteiger partial charge in [-0.3, -0.25) is 9.08 Å². The number of pyridine rings is 1. The van der Waals surface area contributed by atoms with Gasteiger partial charge in [0.05, 0.1) is 23.8 Å². The maximum atomic E-state index is 14.3. The second-order valence-corrected chi connectivity index (χ2v) is 10.0. The molecule has 0 saturated carbocycles. The van der Waals surface area contributed by atoms with E-state index in [-0.39, 0.29) is 5.69 Å². The second-order valence-electron chi connectivity index (χ2n) is 10.0. The van der Waals surface area contributed by atoms with Gasteiger partial charge in [0.15, 0.2) is 0 Å². The number of nitrogen functional groups attached to an aromatic ring is 1. The Morgan fingerprint density at radius 1 is 0.610 bits per heavy atom. The molecule has 0 aliphatic carbocycles. The molecule has 3 aromatic heterocycles. The van der Waals surface area contributed by atoms with E-state index in [2.05, 4.69) is 88.7 Å². The van der Waals surface area contributed by atoms with Crippen LogP contribution in [0.4, 0.5) is 10.1 Å². The minimum atomic E-state index is -0.701. The second kappa shape index (κ2) is 9.92. The average molecular weight is 536 g/mol. The minimum Gasteiger partial charge on any atom is -0.396 e. The molecule has 0 radical (unpaired) electrons. The quantitative estimate of drug-likeness (QED) is 0.178. The van der Waals surface area contributed by atoms with Crippen LogP contribution in [0.25, 0.3) is 28.0 Å². The van der Waals surface area contributed by atoms with Crippen molar-refractivity contribution < 1.29 is 4.39 Å². The number of hydrogen-bond donors (Lipinski definition) is 1. The van der Waals surface area contributed by atoms with E-state index in [1.54, 1.807) is 18.3 Å². The molecule has 0 amide bonds. The summed E-state index contributed by atoms with van der Waals surface area (Å²) in [6, 6.07) is 40.2. The molecule has 7 rings (SSSR count). The van der Waals surface area contributed by atoms with Crippen LogP contribution in [0.1, 0.15) is 16.7 Å². The number of imidazole rings is 1. The van der Waals surface area contributed by atoms with Gasteiger partial charge in [-0.25, -0.2) is 9.37 Å². The van der Waals surface area contributed by atoms with Crippen LogP contribution in [0, 0.1) is 5.82 Å². The Hall–Kier alpha value is -5.49. The monoisotopic (exact) mass is 535 g/mol. The molecule has 198 valence electrons. The summed E-state index contributed by atoms with van der Waals surface area (Å²) in [5, 5.41) is 4.99. The Morgan fingerprint density at radius 3 is 1.78 bits per heavy atom. The Morgan fingerprint density at radius 2 is 1.20 bits per heavy atom. The third-order valence-corrected chi connectivity index (χ3v) is 7.64. The van der Waals surface area contributed by atoms with Crippen molar-refractivity contribution in [2.75, 3.05) is 5.73 Å². The molecular formula is C35H26FN5. The highest BCUT2D eigenvalue weighted by Crippen LogP contribution is 2.41. The van der Waals surface area contributed by atoms with E-state index in [9.17, 15) is 4.39 Å². The van der Waals surface area contributed by atoms with Crippen molar-refractivity contribution in [2.45, 2.75) is 5.54 Å². The summed E-state index contributed by atoms with van der Waals surface area (Å²) in [5.41, 5.74) is 12.6. The molecule has 0 atom stereocenters. The molecule has 6 heteroatoms. The van der Waals surface area contributed by atoms with Crippen LogP contribution in [0.15, 0.2) is 146 Å². The minimum absolute atomic E-state index is 0.120. The average Bonchev–Trinajstić information content (AvgIpc) is 3.69. The molecular weight excluding hydrogens is 509 g/mol. The number of rotatable bonds is 6. The van der Waals surface area contributed by atoms with Crippen LogP contribution in [0.3, 0.4) is 0 Å². The van der Waals surface area contributed by atoms with Crippen molar-refractivity contribution in [3.63, 3.8) is 0 Å². The highest BCUT2D eigenvalue weighted by Gasteiger charge is 2.39. The molecule has 0 bridgehead atoms. The lowest BCUT2D eigenvalue weighted by atomic mass is 9.77. The van der Waals surface area contributed by atoms with Gasteiger partial charge in [-0.2, -0.15) is 5.10 Å². The van der Waals surface area contributed by atoms with E-state index < -0.39 is 11.4 Å². The summed E-state index contributed by atoms with van der Waals surface area (Å²) >= 11 is 0. The number of halogens is 1. The van der Waals surface area contributed by atoms with Crippen LogP contribution in [0.2, 0.25) is 0 Å². The molecule has 7 aromatic rings. The summed E-state index contributed by atoms with van der Waals surface area (Å²) in [5.74, 6) is -0.450. The molecule has 0 unspecified atom stereocenters. The topological polar surface area (TPSA) is 61.1 Å². The molecule has 0 aliphatic rings. The number of anilines is 1. The van der Waals surface area contributed by atoms with E-state index in [1.807, 2.05) is 47.1 Å². The zero-order chi connectivity index (χ0) is 27.8.